The Morgan fingerprint density at radius 2 is 2.14 bits per heavy atom. The Hall–Kier alpha value is -1.82. The number of likely N-dealkylation sites (tertiary alicyclic amines) is 1. The van der Waals surface area contributed by atoms with Crippen LogP contribution in [0, 0.1) is 6.92 Å². The number of ether oxygens (including phenoxy) is 2. The summed E-state index contributed by atoms with van der Waals surface area (Å²) in [6.45, 7) is 3.88. The van der Waals surface area contributed by atoms with Crippen molar-refractivity contribution in [2.45, 2.75) is 57.4 Å². The maximum atomic E-state index is 12.8. The average molecular weight is 307 g/mol. The number of carbonyl (C=O) groups is 2. The molecule has 2 saturated heterocycles. The third-order valence-corrected chi connectivity index (χ3v) is 4.68. The van der Waals surface area contributed by atoms with Gasteiger partial charge < -0.3 is 18.8 Å². The fourth-order valence-corrected chi connectivity index (χ4v) is 3.50. The van der Waals surface area contributed by atoms with Crippen LogP contribution in [0.15, 0.2) is 16.7 Å². The number of methoxy groups -OCH3 is 1. The molecule has 0 spiro atoms. The van der Waals surface area contributed by atoms with Crippen LogP contribution in [0.4, 0.5) is 0 Å². The number of fused-ring (bicyclic) bond motifs is 1. The average Bonchev–Trinajstić information content (AvgIpc) is 3.11. The number of nitrogens with zero attached hydrogens (tertiary/aromatic N) is 1. The van der Waals surface area contributed by atoms with Crippen LogP contribution < -0.4 is 0 Å². The lowest BCUT2D eigenvalue weighted by molar-refractivity contribution is -0.153. The molecule has 2 aliphatic heterocycles. The molecule has 1 aromatic rings. The molecule has 22 heavy (non-hydrogen) atoms. The maximum Gasteiger partial charge on any atom is 0.335 e. The van der Waals surface area contributed by atoms with Crippen LogP contribution in [0.3, 0.4) is 0 Å². The SMILES string of the molecule is COC(=O)[C@@H]1C[C@@H]2[C@H](CC[C@H](C)N2C(=O)c2occc2C)O1. The summed E-state index contributed by atoms with van der Waals surface area (Å²) in [5, 5.41) is 0. The van der Waals surface area contributed by atoms with Gasteiger partial charge in [-0.05, 0) is 32.8 Å². The maximum absolute atomic E-state index is 12.8. The van der Waals surface area contributed by atoms with Gasteiger partial charge in [0.1, 0.15) is 0 Å². The second-order valence-corrected chi connectivity index (χ2v) is 6.06. The first-order chi connectivity index (χ1) is 10.5. The molecule has 1 aromatic heterocycles. The van der Waals surface area contributed by atoms with Gasteiger partial charge in [-0.2, -0.15) is 0 Å². The number of aryl methyl sites for hydroxylation is 1. The van der Waals surface area contributed by atoms with Crippen LogP contribution in [0.5, 0.6) is 0 Å². The van der Waals surface area contributed by atoms with Gasteiger partial charge in [0.2, 0.25) is 0 Å². The van der Waals surface area contributed by atoms with Crippen LogP contribution in [-0.4, -0.2) is 48.2 Å². The van der Waals surface area contributed by atoms with Gasteiger partial charge in [-0.3, -0.25) is 4.79 Å². The lowest BCUT2D eigenvalue weighted by Gasteiger charge is -2.41. The molecule has 0 bridgehead atoms. The molecule has 1 amide bonds. The quantitative estimate of drug-likeness (QED) is 0.781. The van der Waals surface area contributed by atoms with Gasteiger partial charge >= 0.3 is 5.97 Å². The van der Waals surface area contributed by atoms with Crippen molar-refractivity contribution in [2.24, 2.45) is 0 Å². The molecule has 0 aliphatic carbocycles. The van der Waals surface area contributed by atoms with Gasteiger partial charge in [0.05, 0.1) is 25.5 Å². The molecule has 3 heterocycles. The smallest absolute Gasteiger partial charge is 0.335 e. The molecule has 6 nitrogen and oxygen atoms in total. The van der Waals surface area contributed by atoms with Crippen molar-refractivity contribution in [3.8, 4) is 0 Å². The summed E-state index contributed by atoms with van der Waals surface area (Å²) in [7, 11) is 1.35. The lowest BCUT2D eigenvalue weighted by Crippen LogP contribution is -2.53. The van der Waals surface area contributed by atoms with Crippen molar-refractivity contribution in [1.82, 2.24) is 4.90 Å². The van der Waals surface area contributed by atoms with Crippen LogP contribution in [0.1, 0.15) is 42.3 Å². The fraction of sp³-hybridized carbons (Fsp3) is 0.625. The summed E-state index contributed by atoms with van der Waals surface area (Å²) in [6, 6.07) is 1.77. The van der Waals surface area contributed by atoms with Crippen LogP contribution in [-0.2, 0) is 14.3 Å². The van der Waals surface area contributed by atoms with E-state index < -0.39 is 6.10 Å². The first-order valence-corrected chi connectivity index (χ1v) is 7.63. The Morgan fingerprint density at radius 1 is 1.36 bits per heavy atom. The minimum absolute atomic E-state index is 0.0956. The predicted octanol–water partition coefficient (Wildman–Crippen LogP) is 1.91. The second kappa shape index (κ2) is 5.76. The van der Waals surface area contributed by atoms with E-state index in [1.165, 1.54) is 13.4 Å². The topological polar surface area (TPSA) is 69.0 Å². The standard InChI is InChI=1S/C16H21NO5/c1-9-6-7-21-14(9)15(18)17-10(2)4-5-12-11(17)8-13(22-12)16(19)20-3/h6-7,10-13H,4-5,8H2,1-3H3/t10-,11+,12-,13-/m0/s1. The first kappa shape index (κ1) is 15.1. The fourth-order valence-electron chi connectivity index (χ4n) is 3.50. The number of amides is 1. The van der Waals surface area contributed by atoms with Crippen molar-refractivity contribution >= 4 is 11.9 Å². The highest BCUT2D eigenvalue weighted by atomic mass is 16.6. The van der Waals surface area contributed by atoms with E-state index in [0.717, 1.165) is 18.4 Å². The van der Waals surface area contributed by atoms with Gasteiger partial charge in [0.15, 0.2) is 11.9 Å². The molecular formula is C16H21NO5. The van der Waals surface area contributed by atoms with E-state index >= 15 is 0 Å². The second-order valence-electron chi connectivity index (χ2n) is 6.06. The summed E-state index contributed by atoms with van der Waals surface area (Å²) in [6.07, 6.45) is 3.00. The van der Waals surface area contributed by atoms with Gasteiger partial charge in [-0.1, -0.05) is 0 Å². The normalized spacial score (nSPS) is 31.0. The Bertz CT molecular complexity index is 581. The highest BCUT2D eigenvalue weighted by Gasteiger charge is 2.48. The number of hydrogen-bond donors (Lipinski definition) is 0. The molecule has 2 aliphatic rings. The van der Waals surface area contributed by atoms with E-state index in [2.05, 4.69) is 0 Å². The third-order valence-electron chi connectivity index (χ3n) is 4.68. The van der Waals surface area contributed by atoms with Crippen molar-refractivity contribution in [3.63, 3.8) is 0 Å². The van der Waals surface area contributed by atoms with Crippen LogP contribution >= 0.6 is 0 Å². The molecular weight excluding hydrogens is 286 g/mol. The van der Waals surface area contributed by atoms with Gasteiger partial charge in [-0.25, -0.2) is 4.79 Å². The summed E-state index contributed by atoms with van der Waals surface area (Å²) in [5.74, 6) is -0.128. The highest BCUT2D eigenvalue weighted by molar-refractivity contribution is 5.93. The first-order valence-electron chi connectivity index (χ1n) is 7.63. The Morgan fingerprint density at radius 3 is 2.77 bits per heavy atom. The molecule has 2 fully saturated rings. The minimum atomic E-state index is -0.585. The van der Waals surface area contributed by atoms with Crippen molar-refractivity contribution in [3.05, 3.63) is 23.7 Å². The monoisotopic (exact) mass is 307 g/mol. The molecule has 120 valence electrons. The van der Waals surface area contributed by atoms with Crippen LogP contribution in [0.25, 0.3) is 0 Å². The van der Waals surface area contributed by atoms with E-state index in [9.17, 15) is 9.59 Å². The highest BCUT2D eigenvalue weighted by Crippen LogP contribution is 2.36. The van der Waals surface area contributed by atoms with Gasteiger partial charge in [0.25, 0.3) is 5.91 Å². The largest absolute Gasteiger partial charge is 0.467 e. The van der Waals surface area contributed by atoms with E-state index in [4.69, 9.17) is 13.9 Å². The van der Waals surface area contributed by atoms with Gasteiger partial charge in [-0.15, -0.1) is 0 Å². The molecule has 4 atom stereocenters. The van der Waals surface area contributed by atoms with Crippen molar-refractivity contribution in [1.29, 1.82) is 0 Å². The van der Waals surface area contributed by atoms with Crippen molar-refractivity contribution < 1.29 is 23.5 Å². The zero-order valence-corrected chi connectivity index (χ0v) is 13.1. The van der Waals surface area contributed by atoms with E-state index in [0.29, 0.717) is 12.2 Å². The molecule has 3 rings (SSSR count). The molecule has 0 aromatic carbocycles. The summed E-state index contributed by atoms with van der Waals surface area (Å²) < 4.78 is 15.9. The van der Waals surface area contributed by atoms with Gasteiger partial charge in [0, 0.05) is 18.0 Å². The molecule has 0 radical (unpaired) electrons. The Kier molecular flexibility index (Phi) is 3.95. The summed E-state index contributed by atoms with van der Waals surface area (Å²) in [4.78, 5) is 26.4. The van der Waals surface area contributed by atoms with E-state index in [1.807, 2.05) is 18.7 Å². The zero-order valence-electron chi connectivity index (χ0n) is 13.1. The summed E-state index contributed by atoms with van der Waals surface area (Å²) >= 11 is 0. The predicted molar refractivity (Wildman–Crippen MR) is 77.4 cm³/mol. The number of furan rings is 1. The van der Waals surface area contributed by atoms with Crippen LogP contribution in [0.2, 0.25) is 0 Å². The van der Waals surface area contributed by atoms with E-state index in [1.54, 1.807) is 6.07 Å². The zero-order chi connectivity index (χ0) is 15.9. The Labute approximate surface area is 129 Å². The number of piperidine rings is 1. The molecule has 0 unspecified atom stereocenters. The molecule has 0 saturated carbocycles. The number of rotatable bonds is 2. The molecule has 6 heteroatoms. The lowest BCUT2D eigenvalue weighted by atomic mass is 9.92. The number of carbonyl (C=O) groups excluding carboxylic acids is 2. The number of esters is 1. The Balaban J connectivity index is 1.84. The number of hydrogen-bond acceptors (Lipinski definition) is 5. The van der Waals surface area contributed by atoms with Crippen molar-refractivity contribution in [2.75, 3.05) is 7.11 Å². The molecule has 0 N–H and O–H groups in total. The summed E-state index contributed by atoms with van der Waals surface area (Å²) in [5.41, 5.74) is 0.822. The van der Waals surface area contributed by atoms with E-state index in [-0.39, 0.29) is 30.1 Å². The third kappa shape index (κ3) is 2.41. The minimum Gasteiger partial charge on any atom is -0.467 e.